The summed E-state index contributed by atoms with van der Waals surface area (Å²) in [5.41, 5.74) is 1.37. The molecule has 1 aromatic carbocycles. The van der Waals surface area contributed by atoms with Gasteiger partial charge in [0.05, 0.1) is 13.2 Å². The summed E-state index contributed by atoms with van der Waals surface area (Å²) >= 11 is 0. The molecule has 1 aromatic heterocycles. The van der Waals surface area contributed by atoms with Gasteiger partial charge in [0.15, 0.2) is 0 Å². The van der Waals surface area contributed by atoms with E-state index in [0.717, 1.165) is 24.8 Å². The Kier molecular flexibility index (Phi) is 5.02. The van der Waals surface area contributed by atoms with Gasteiger partial charge in [0.2, 0.25) is 5.76 Å². The third kappa shape index (κ3) is 3.52. The Hall–Kier alpha value is -2.11. The predicted octanol–water partition coefficient (Wildman–Crippen LogP) is 2.77. The van der Waals surface area contributed by atoms with Gasteiger partial charge in [-0.05, 0) is 49.4 Å². The lowest BCUT2D eigenvalue weighted by atomic mass is 9.79. The second-order valence-electron chi connectivity index (χ2n) is 6.13. The van der Waals surface area contributed by atoms with Crippen LogP contribution < -0.4 is 5.32 Å². The topological polar surface area (TPSA) is 71.7 Å². The zero-order chi connectivity index (χ0) is 17.0. The maximum atomic E-state index is 11.6. The van der Waals surface area contributed by atoms with Gasteiger partial charge >= 0.3 is 5.97 Å². The summed E-state index contributed by atoms with van der Waals surface area (Å²) in [4.78, 5) is 11.6. The zero-order valence-electron chi connectivity index (χ0n) is 13.9. The van der Waals surface area contributed by atoms with E-state index in [-0.39, 0.29) is 5.76 Å². The van der Waals surface area contributed by atoms with Crippen molar-refractivity contribution >= 4 is 5.97 Å². The fourth-order valence-corrected chi connectivity index (χ4v) is 3.26. The number of rotatable bonds is 6. The van der Waals surface area contributed by atoms with E-state index in [4.69, 9.17) is 9.15 Å². The minimum Gasteiger partial charge on any atom is -0.460 e. The lowest BCUT2D eigenvalue weighted by Crippen LogP contribution is -2.40. The van der Waals surface area contributed by atoms with Crippen molar-refractivity contribution in [3.8, 4) is 0 Å². The number of furan rings is 1. The molecule has 128 valence electrons. The van der Waals surface area contributed by atoms with Crippen LogP contribution in [0.5, 0.6) is 0 Å². The number of carbonyl (C=O) groups is 1. The molecule has 5 nitrogen and oxygen atoms in total. The first-order valence-corrected chi connectivity index (χ1v) is 8.40. The number of fused-ring (bicyclic) bond motifs is 1. The van der Waals surface area contributed by atoms with Crippen LogP contribution in [0.1, 0.15) is 47.2 Å². The molecular weight excluding hydrogens is 306 g/mol. The van der Waals surface area contributed by atoms with Crippen molar-refractivity contribution < 1.29 is 19.1 Å². The van der Waals surface area contributed by atoms with Crippen LogP contribution in [0.2, 0.25) is 0 Å². The SMILES string of the molecule is CCOC(=O)c1ccc(CNCC2(O)CCCc3ccccc32)o1. The zero-order valence-corrected chi connectivity index (χ0v) is 13.9. The number of hydrogen-bond donors (Lipinski definition) is 2. The second kappa shape index (κ2) is 7.20. The maximum absolute atomic E-state index is 11.6. The van der Waals surface area contributed by atoms with Crippen LogP contribution in [-0.4, -0.2) is 24.2 Å². The van der Waals surface area contributed by atoms with E-state index in [0.29, 0.717) is 25.5 Å². The monoisotopic (exact) mass is 329 g/mol. The molecule has 0 spiro atoms. The summed E-state index contributed by atoms with van der Waals surface area (Å²) in [5, 5.41) is 14.2. The summed E-state index contributed by atoms with van der Waals surface area (Å²) in [6, 6.07) is 11.4. The molecule has 0 fully saturated rings. The van der Waals surface area contributed by atoms with Crippen LogP contribution in [-0.2, 0) is 23.3 Å². The molecule has 0 radical (unpaired) electrons. The van der Waals surface area contributed by atoms with Gasteiger partial charge in [-0.25, -0.2) is 4.79 Å². The molecule has 1 heterocycles. The highest BCUT2D eigenvalue weighted by Crippen LogP contribution is 2.34. The number of benzene rings is 1. The van der Waals surface area contributed by atoms with Gasteiger partial charge in [0.25, 0.3) is 0 Å². The minimum atomic E-state index is -0.856. The average Bonchev–Trinajstić information content (AvgIpc) is 3.05. The Labute approximate surface area is 141 Å². The molecular formula is C19H23NO4. The second-order valence-corrected chi connectivity index (χ2v) is 6.13. The molecule has 5 heteroatoms. The summed E-state index contributed by atoms with van der Waals surface area (Å²) in [5.74, 6) is 0.393. The number of aryl methyl sites for hydroxylation is 1. The van der Waals surface area contributed by atoms with Gasteiger partial charge in [-0.1, -0.05) is 24.3 Å². The first-order chi connectivity index (χ1) is 11.6. The third-order valence-electron chi connectivity index (χ3n) is 4.41. The molecule has 1 aliphatic carbocycles. The highest BCUT2D eigenvalue weighted by molar-refractivity contribution is 5.86. The molecule has 0 amide bonds. The van der Waals surface area contributed by atoms with Crippen LogP contribution >= 0.6 is 0 Å². The van der Waals surface area contributed by atoms with Gasteiger partial charge < -0.3 is 19.6 Å². The van der Waals surface area contributed by atoms with Crippen molar-refractivity contribution in [2.45, 2.75) is 38.3 Å². The molecule has 0 saturated carbocycles. The fraction of sp³-hybridized carbons (Fsp3) is 0.421. The Balaban J connectivity index is 1.60. The third-order valence-corrected chi connectivity index (χ3v) is 4.41. The van der Waals surface area contributed by atoms with Gasteiger partial charge in [0.1, 0.15) is 11.4 Å². The standard InChI is InChI=1S/C19H23NO4/c1-2-23-18(21)17-10-9-15(24-17)12-20-13-19(22)11-5-7-14-6-3-4-8-16(14)19/h3-4,6,8-10,20,22H,2,5,7,11-13H2,1H3. The molecule has 0 bridgehead atoms. The van der Waals surface area contributed by atoms with E-state index in [1.807, 2.05) is 18.2 Å². The van der Waals surface area contributed by atoms with Crippen LogP contribution in [0.4, 0.5) is 0 Å². The highest BCUT2D eigenvalue weighted by Gasteiger charge is 2.33. The van der Waals surface area contributed by atoms with Crippen LogP contribution in [0.3, 0.4) is 0 Å². The van der Waals surface area contributed by atoms with Gasteiger partial charge in [0, 0.05) is 6.54 Å². The molecule has 1 atom stereocenters. The first kappa shape index (κ1) is 16.7. The highest BCUT2D eigenvalue weighted by atomic mass is 16.5. The number of nitrogens with one attached hydrogen (secondary N) is 1. The van der Waals surface area contributed by atoms with Crippen molar-refractivity contribution in [3.05, 3.63) is 59.0 Å². The van der Waals surface area contributed by atoms with Crippen LogP contribution in [0.15, 0.2) is 40.8 Å². The van der Waals surface area contributed by atoms with E-state index in [1.54, 1.807) is 19.1 Å². The van der Waals surface area contributed by atoms with E-state index >= 15 is 0 Å². The summed E-state index contributed by atoms with van der Waals surface area (Å²) in [7, 11) is 0. The van der Waals surface area contributed by atoms with Crippen molar-refractivity contribution in [2.24, 2.45) is 0 Å². The van der Waals surface area contributed by atoms with Crippen LogP contribution in [0, 0.1) is 0 Å². The lowest BCUT2D eigenvalue weighted by Gasteiger charge is -2.34. The minimum absolute atomic E-state index is 0.204. The molecule has 24 heavy (non-hydrogen) atoms. The van der Waals surface area contributed by atoms with Crippen LogP contribution in [0.25, 0.3) is 0 Å². The average molecular weight is 329 g/mol. The fourth-order valence-electron chi connectivity index (χ4n) is 3.26. The van der Waals surface area contributed by atoms with Gasteiger partial charge in [-0.3, -0.25) is 0 Å². The van der Waals surface area contributed by atoms with Crippen molar-refractivity contribution in [3.63, 3.8) is 0 Å². The maximum Gasteiger partial charge on any atom is 0.374 e. The Morgan fingerprint density at radius 2 is 2.17 bits per heavy atom. The Morgan fingerprint density at radius 1 is 1.33 bits per heavy atom. The molecule has 1 unspecified atom stereocenters. The largest absolute Gasteiger partial charge is 0.460 e. The first-order valence-electron chi connectivity index (χ1n) is 8.40. The molecule has 0 aliphatic heterocycles. The van der Waals surface area contributed by atoms with Gasteiger partial charge in [-0.2, -0.15) is 0 Å². The van der Waals surface area contributed by atoms with Crippen molar-refractivity contribution in [1.29, 1.82) is 0 Å². The van der Waals surface area contributed by atoms with Crippen molar-refractivity contribution in [1.82, 2.24) is 5.32 Å². The number of hydrogen-bond acceptors (Lipinski definition) is 5. The number of carbonyl (C=O) groups excluding carboxylic acids is 1. The summed E-state index contributed by atoms with van der Waals surface area (Å²) in [6.07, 6.45) is 2.73. The van der Waals surface area contributed by atoms with E-state index < -0.39 is 11.6 Å². The molecule has 1 aliphatic rings. The Morgan fingerprint density at radius 3 is 3.00 bits per heavy atom. The predicted molar refractivity (Wildman–Crippen MR) is 89.6 cm³/mol. The molecule has 3 rings (SSSR count). The van der Waals surface area contributed by atoms with Gasteiger partial charge in [-0.15, -0.1) is 0 Å². The Bertz CT molecular complexity index is 709. The quantitative estimate of drug-likeness (QED) is 0.798. The summed E-state index contributed by atoms with van der Waals surface area (Å²) < 4.78 is 10.4. The van der Waals surface area contributed by atoms with Crippen molar-refractivity contribution in [2.75, 3.05) is 13.2 Å². The van der Waals surface area contributed by atoms with E-state index in [1.165, 1.54) is 5.56 Å². The molecule has 2 aromatic rings. The number of aliphatic hydroxyl groups is 1. The number of esters is 1. The van der Waals surface area contributed by atoms with E-state index in [9.17, 15) is 9.90 Å². The number of ether oxygens (including phenoxy) is 1. The molecule has 2 N–H and O–H groups in total. The normalized spacial score (nSPS) is 19.8. The summed E-state index contributed by atoms with van der Waals surface area (Å²) in [6.45, 7) is 2.97. The smallest absolute Gasteiger partial charge is 0.374 e. The molecule has 0 saturated heterocycles. The lowest BCUT2D eigenvalue weighted by molar-refractivity contribution is 0.0185. The van der Waals surface area contributed by atoms with E-state index in [2.05, 4.69) is 11.4 Å².